The van der Waals surface area contributed by atoms with Crippen LogP contribution in [0.4, 0.5) is 17.2 Å². The van der Waals surface area contributed by atoms with E-state index in [0.29, 0.717) is 5.69 Å². The molecule has 2 aromatic carbocycles. The summed E-state index contributed by atoms with van der Waals surface area (Å²) in [6, 6.07) is 13.1. The van der Waals surface area contributed by atoms with Crippen LogP contribution in [-0.2, 0) is 10.0 Å². The maximum atomic E-state index is 12.4. The fraction of sp³-hybridized carbons (Fsp3) is 0. The van der Waals surface area contributed by atoms with Crippen LogP contribution in [-0.4, -0.2) is 30.3 Å². The van der Waals surface area contributed by atoms with Crippen molar-refractivity contribution in [2.75, 3.05) is 10.0 Å². The van der Waals surface area contributed by atoms with Crippen molar-refractivity contribution in [3.05, 3.63) is 71.6 Å². The normalized spacial score (nSPS) is 12.4. The summed E-state index contributed by atoms with van der Waals surface area (Å²) in [4.78, 5) is 15.8. The average molecular weight is 489 g/mol. The SMILES string of the molecule is NC(=Nc1ccc(S(=O)(=O)Nc2cnccn2)cc1)/N=C(\N)Nc1ccc(Br)cc1. The van der Waals surface area contributed by atoms with Crippen LogP contribution in [0.25, 0.3) is 0 Å². The predicted molar refractivity (Wildman–Crippen MR) is 120 cm³/mol. The van der Waals surface area contributed by atoms with E-state index >= 15 is 0 Å². The molecule has 0 radical (unpaired) electrons. The monoisotopic (exact) mass is 488 g/mol. The molecule has 30 heavy (non-hydrogen) atoms. The molecule has 0 unspecified atom stereocenters. The molecule has 3 aromatic rings. The van der Waals surface area contributed by atoms with Gasteiger partial charge in [-0.3, -0.25) is 9.71 Å². The quantitative estimate of drug-likeness (QED) is 0.316. The van der Waals surface area contributed by atoms with Gasteiger partial charge in [-0.1, -0.05) is 15.9 Å². The lowest BCUT2D eigenvalue weighted by Crippen LogP contribution is -2.26. The van der Waals surface area contributed by atoms with Gasteiger partial charge in [0.15, 0.2) is 5.82 Å². The lowest BCUT2D eigenvalue weighted by Gasteiger charge is -2.07. The van der Waals surface area contributed by atoms with Crippen molar-refractivity contribution in [1.29, 1.82) is 0 Å². The van der Waals surface area contributed by atoms with E-state index in [4.69, 9.17) is 11.5 Å². The maximum Gasteiger partial charge on any atom is 0.263 e. The number of benzene rings is 2. The number of nitrogens with two attached hydrogens (primary N) is 2. The van der Waals surface area contributed by atoms with Crippen LogP contribution in [0.1, 0.15) is 0 Å². The minimum Gasteiger partial charge on any atom is -0.369 e. The first-order valence-corrected chi connectivity index (χ1v) is 10.7. The Kier molecular flexibility index (Phi) is 6.59. The van der Waals surface area contributed by atoms with Crippen molar-refractivity contribution in [2.24, 2.45) is 21.5 Å². The Morgan fingerprint density at radius 1 is 1.00 bits per heavy atom. The van der Waals surface area contributed by atoms with E-state index in [1.165, 1.54) is 42.9 Å². The van der Waals surface area contributed by atoms with E-state index < -0.39 is 10.0 Å². The molecule has 0 atom stereocenters. The van der Waals surface area contributed by atoms with Crippen molar-refractivity contribution in [3.63, 3.8) is 0 Å². The number of hydrogen-bond donors (Lipinski definition) is 4. The molecule has 6 N–H and O–H groups in total. The molecule has 0 amide bonds. The van der Waals surface area contributed by atoms with Crippen molar-refractivity contribution in [3.8, 4) is 0 Å². The van der Waals surface area contributed by atoms with Gasteiger partial charge >= 0.3 is 0 Å². The number of aliphatic imine (C=N–C) groups is 2. The van der Waals surface area contributed by atoms with Gasteiger partial charge in [0.1, 0.15) is 0 Å². The maximum absolute atomic E-state index is 12.4. The molecule has 0 aliphatic carbocycles. The largest absolute Gasteiger partial charge is 0.369 e. The molecular formula is C18H17BrN8O2S. The fourth-order valence-corrected chi connectivity index (χ4v) is 3.50. The van der Waals surface area contributed by atoms with Crippen molar-refractivity contribution in [1.82, 2.24) is 9.97 Å². The van der Waals surface area contributed by atoms with Gasteiger partial charge in [-0.15, -0.1) is 0 Å². The summed E-state index contributed by atoms with van der Waals surface area (Å²) in [5.74, 6) is 0.0864. The van der Waals surface area contributed by atoms with Crippen LogP contribution >= 0.6 is 15.9 Å². The summed E-state index contributed by atoms with van der Waals surface area (Å²) in [6.45, 7) is 0. The number of nitrogens with one attached hydrogen (secondary N) is 2. The zero-order chi connectivity index (χ0) is 21.6. The smallest absolute Gasteiger partial charge is 0.263 e. The Bertz CT molecular complexity index is 1170. The number of guanidine groups is 2. The predicted octanol–water partition coefficient (Wildman–Crippen LogP) is 2.41. The molecule has 3 rings (SSSR count). The van der Waals surface area contributed by atoms with Crippen molar-refractivity contribution in [2.45, 2.75) is 4.90 Å². The minimum atomic E-state index is -3.81. The Morgan fingerprint density at radius 2 is 1.70 bits per heavy atom. The van der Waals surface area contributed by atoms with Crippen LogP contribution in [0.15, 0.2) is 86.5 Å². The standard InChI is InChI=1S/C18H17BrN8O2S/c19-12-1-3-13(4-2-12)24-17(20)26-18(21)25-14-5-7-15(8-6-14)30(28,29)27-16-11-22-9-10-23-16/h1-11H,(H,23,27)(H5,20,21,24,25,26). The molecule has 12 heteroatoms. The second-order valence-corrected chi connectivity index (χ2v) is 8.39. The summed E-state index contributed by atoms with van der Waals surface area (Å²) in [7, 11) is -3.81. The van der Waals surface area contributed by atoms with Crippen molar-refractivity contribution < 1.29 is 8.42 Å². The Balaban J connectivity index is 1.69. The van der Waals surface area contributed by atoms with Gasteiger partial charge in [0, 0.05) is 22.6 Å². The van der Waals surface area contributed by atoms with Gasteiger partial charge in [-0.2, -0.15) is 4.99 Å². The van der Waals surface area contributed by atoms with Crippen molar-refractivity contribution >= 4 is 55.1 Å². The van der Waals surface area contributed by atoms with Gasteiger partial charge in [0.05, 0.1) is 16.8 Å². The third-order valence-electron chi connectivity index (χ3n) is 3.54. The molecular weight excluding hydrogens is 472 g/mol. The zero-order valence-electron chi connectivity index (χ0n) is 15.4. The average Bonchev–Trinajstić information content (AvgIpc) is 2.70. The summed E-state index contributed by atoms with van der Waals surface area (Å²) in [6.07, 6.45) is 4.14. The van der Waals surface area contributed by atoms with Crippen LogP contribution in [0.5, 0.6) is 0 Å². The number of halogens is 1. The highest BCUT2D eigenvalue weighted by molar-refractivity contribution is 9.10. The molecule has 1 heterocycles. The van der Waals surface area contributed by atoms with Crippen LogP contribution in [0.2, 0.25) is 0 Å². The molecule has 0 bridgehead atoms. The molecule has 0 saturated heterocycles. The molecule has 1 aromatic heterocycles. The lowest BCUT2D eigenvalue weighted by atomic mass is 10.3. The summed E-state index contributed by atoms with van der Waals surface area (Å²) < 4.78 is 28.0. The highest BCUT2D eigenvalue weighted by Gasteiger charge is 2.14. The van der Waals surface area contributed by atoms with Crippen LogP contribution < -0.4 is 21.5 Å². The third-order valence-corrected chi connectivity index (χ3v) is 5.44. The number of sulfonamides is 1. The molecule has 0 fully saturated rings. The minimum absolute atomic E-state index is 0.0330. The molecule has 0 aliphatic heterocycles. The van der Waals surface area contributed by atoms with E-state index in [9.17, 15) is 8.42 Å². The number of rotatable bonds is 5. The molecule has 0 aliphatic rings. The highest BCUT2D eigenvalue weighted by atomic mass is 79.9. The lowest BCUT2D eigenvalue weighted by molar-refractivity contribution is 0.601. The fourth-order valence-electron chi connectivity index (χ4n) is 2.24. The van der Waals surface area contributed by atoms with Crippen LogP contribution in [0.3, 0.4) is 0 Å². The zero-order valence-corrected chi connectivity index (χ0v) is 17.8. The Morgan fingerprint density at radius 3 is 2.33 bits per heavy atom. The summed E-state index contributed by atoms with van der Waals surface area (Å²) in [5, 5.41) is 2.89. The Labute approximate surface area is 181 Å². The molecule has 154 valence electrons. The van der Waals surface area contributed by atoms with Gasteiger partial charge in [0.25, 0.3) is 10.0 Å². The number of anilines is 2. The van der Waals surface area contributed by atoms with Gasteiger partial charge in [-0.25, -0.2) is 18.4 Å². The van der Waals surface area contributed by atoms with E-state index in [-0.39, 0.29) is 22.6 Å². The molecule has 0 saturated carbocycles. The Hall–Kier alpha value is -3.51. The van der Waals surface area contributed by atoms with E-state index in [1.54, 1.807) is 0 Å². The first kappa shape index (κ1) is 21.2. The van der Waals surface area contributed by atoms with Gasteiger partial charge in [0.2, 0.25) is 11.9 Å². The van der Waals surface area contributed by atoms with Gasteiger partial charge < -0.3 is 16.8 Å². The highest BCUT2D eigenvalue weighted by Crippen LogP contribution is 2.19. The first-order valence-electron chi connectivity index (χ1n) is 8.42. The summed E-state index contributed by atoms with van der Waals surface area (Å²) >= 11 is 3.35. The van der Waals surface area contributed by atoms with Gasteiger partial charge in [-0.05, 0) is 48.5 Å². The second-order valence-electron chi connectivity index (χ2n) is 5.79. The molecule has 10 nitrogen and oxygen atoms in total. The van der Waals surface area contributed by atoms with E-state index in [2.05, 4.69) is 45.9 Å². The molecule has 0 spiro atoms. The number of hydrogen-bond acceptors (Lipinski definition) is 5. The topological polar surface area (TPSA) is 161 Å². The van der Waals surface area contributed by atoms with Crippen LogP contribution in [0, 0.1) is 0 Å². The van der Waals surface area contributed by atoms with E-state index in [0.717, 1.165) is 10.2 Å². The second kappa shape index (κ2) is 9.33. The number of aromatic nitrogens is 2. The first-order chi connectivity index (χ1) is 14.3. The third kappa shape index (κ3) is 5.99. The van der Waals surface area contributed by atoms with E-state index in [1.807, 2.05) is 24.3 Å². The number of nitrogens with zero attached hydrogens (tertiary/aromatic N) is 4. The summed E-state index contributed by atoms with van der Waals surface area (Å²) in [5.41, 5.74) is 12.8.